The van der Waals surface area contributed by atoms with Crippen LogP contribution in [0.5, 0.6) is 0 Å². The Balaban J connectivity index is 3.73. The van der Waals surface area contributed by atoms with Gasteiger partial charge in [-0.05, 0) is 0 Å². The van der Waals surface area contributed by atoms with Crippen LogP contribution in [0.4, 0.5) is 0 Å². The molecule has 0 aromatic rings. The van der Waals surface area contributed by atoms with E-state index >= 15 is 0 Å². The summed E-state index contributed by atoms with van der Waals surface area (Å²) in [6.45, 7) is 0. The van der Waals surface area contributed by atoms with Crippen LogP contribution in [-0.4, -0.2) is 0 Å². The van der Waals surface area contributed by atoms with Crippen LogP contribution in [0.15, 0.2) is 0 Å². The van der Waals surface area contributed by atoms with Crippen molar-refractivity contribution < 1.29 is 28.7 Å². The Hall–Kier alpha value is 3.03. The van der Waals surface area contributed by atoms with Gasteiger partial charge in [-0.3, -0.25) is 0 Å². The van der Waals surface area contributed by atoms with E-state index in [1.807, 2.05) is 0 Å². The summed E-state index contributed by atoms with van der Waals surface area (Å²) in [5.41, 5.74) is 0. The van der Waals surface area contributed by atoms with E-state index in [0.29, 0.717) is 0 Å². The molecule has 0 saturated heterocycles. The molecule has 0 aliphatic heterocycles. The first-order valence-electron chi connectivity index (χ1n) is 0.714. The van der Waals surface area contributed by atoms with Gasteiger partial charge in [-0.2, -0.15) is 0 Å². The van der Waals surface area contributed by atoms with E-state index in [1.165, 1.54) is 0 Å². The van der Waals surface area contributed by atoms with Crippen molar-refractivity contribution in [3.63, 3.8) is 0 Å². The third-order valence-electron chi connectivity index (χ3n) is 0. The summed E-state index contributed by atoms with van der Waals surface area (Å²) in [4.78, 5) is 0. The average Bonchev–Trinajstić information content (AvgIpc) is 0.650. The Bertz CT molecular complexity index is 37.1. The fraction of sp³-hybridized carbons (Fsp3) is 0. The van der Waals surface area contributed by atoms with Crippen LogP contribution in [0.2, 0.25) is 0 Å². The first kappa shape index (κ1) is 9.03. The van der Waals surface area contributed by atoms with Crippen molar-refractivity contribution in [1.82, 2.24) is 0 Å². The third kappa shape index (κ3) is 27.8. The Morgan fingerprint density at radius 2 is 0.667 bits per heavy atom. The number of hydrogen-bond donors (Lipinski definition) is 0. The van der Waals surface area contributed by atoms with Crippen molar-refractivity contribution in [3.8, 4) is 0 Å². The second-order valence-corrected chi connectivity index (χ2v) is 36.0. The normalized spacial score (nSPS) is 19.2. The van der Waals surface area contributed by atoms with Crippen molar-refractivity contribution in [3.05, 3.63) is 0 Å². The van der Waals surface area contributed by atoms with Gasteiger partial charge in [-0.25, -0.2) is 0 Å². The molecule has 0 heterocycles. The van der Waals surface area contributed by atoms with Crippen LogP contribution in [-0.2, 0) is 0 Å². The van der Waals surface area contributed by atoms with Gasteiger partial charge in [0, 0.05) is 0 Å². The Kier molecular flexibility index (Phi) is 3.52. The number of rotatable bonds is 0. The summed E-state index contributed by atoms with van der Waals surface area (Å²) < 4.78 is 25.2. The predicted octanol–water partition coefficient (Wildman–Crippen LogP) is 3.45. The zero-order valence-corrected chi connectivity index (χ0v) is 8.47. The quantitative estimate of drug-likeness (QED) is 0.639. The van der Waals surface area contributed by atoms with Crippen molar-refractivity contribution in [2.24, 2.45) is 0 Å². The van der Waals surface area contributed by atoms with E-state index in [1.54, 1.807) is 0 Å². The molecule has 0 aromatic heterocycles. The molecule has 0 radical (unpaired) electrons. The standard InChI is InChI=1S/5ClH.Eu/h5*1H;/q;;;;;+5/p-5. The molecule has 6 heteroatoms. The van der Waals surface area contributed by atoms with Gasteiger partial charge in [-0.15, -0.1) is 0 Å². The molecule has 0 aliphatic rings. The molecule has 0 rings (SSSR count). The van der Waals surface area contributed by atoms with E-state index < -0.39 is 28.7 Å². The number of halogens is 5. The Morgan fingerprint density at radius 3 is 0.667 bits per heavy atom. The molecule has 0 atom stereocenters. The third-order valence-corrected chi connectivity index (χ3v) is 0. The molecule has 0 aromatic carbocycles. The molecule has 0 unspecified atom stereocenters. The monoisotopic (exact) mass is 328 g/mol. The molecule has 0 spiro atoms. The molecular formula is Cl5Eu. The molecule has 42 valence electrons. The van der Waals surface area contributed by atoms with Gasteiger partial charge >= 0.3 is 49.5 Å². The minimum absolute atomic E-state index is 4.34. The summed E-state index contributed by atoms with van der Waals surface area (Å²) in [5.74, 6) is 0. The van der Waals surface area contributed by atoms with Crippen molar-refractivity contribution >= 4 is 20.8 Å². The summed E-state index contributed by atoms with van der Waals surface area (Å²) in [5, 5.41) is 0. The first-order valence-corrected chi connectivity index (χ1v) is 15.9. The Labute approximate surface area is 47.2 Å². The summed E-state index contributed by atoms with van der Waals surface area (Å²) in [6.07, 6.45) is 0. The van der Waals surface area contributed by atoms with Crippen LogP contribution in [0.25, 0.3) is 0 Å². The maximum atomic E-state index is 5.05. The Morgan fingerprint density at radius 1 is 0.667 bits per heavy atom. The van der Waals surface area contributed by atoms with E-state index in [4.69, 9.17) is 20.8 Å². The van der Waals surface area contributed by atoms with Gasteiger partial charge in [0.25, 0.3) is 0 Å². The SMILES string of the molecule is [Cl][Eu]([Cl])([Cl])([Cl])[Cl]. The van der Waals surface area contributed by atoms with E-state index in [9.17, 15) is 0 Å². The fourth-order valence-electron chi connectivity index (χ4n) is 0. The second-order valence-electron chi connectivity index (χ2n) is 0.540. The zero-order chi connectivity index (χ0) is 5.45. The van der Waals surface area contributed by atoms with Crippen molar-refractivity contribution in [2.45, 2.75) is 0 Å². The summed E-state index contributed by atoms with van der Waals surface area (Å²) >= 11 is -4.34. The van der Waals surface area contributed by atoms with E-state index in [0.717, 1.165) is 0 Å². The maximum absolute atomic E-state index is 5.05. The van der Waals surface area contributed by atoms with Gasteiger partial charge in [0.05, 0.1) is 0 Å². The average molecular weight is 329 g/mol. The molecule has 6 heavy (non-hydrogen) atoms. The van der Waals surface area contributed by atoms with E-state index in [-0.39, 0.29) is 0 Å². The summed E-state index contributed by atoms with van der Waals surface area (Å²) in [6, 6.07) is 0. The second kappa shape index (κ2) is 2.34. The van der Waals surface area contributed by atoms with Crippen LogP contribution in [0.3, 0.4) is 0 Å². The van der Waals surface area contributed by atoms with E-state index in [2.05, 4.69) is 0 Å². The van der Waals surface area contributed by atoms with Crippen LogP contribution in [0, 0.1) is 28.7 Å². The van der Waals surface area contributed by atoms with Crippen LogP contribution >= 0.6 is 20.8 Å². The number of hydrogen-bond acceptors (Lipinski definition) is 0. The van der Waals surface area contributed by atoms with Gasteiger partial charge in [0.15, 0.2) is 0 Å². The zero-order valence-electron chi connectivity index (χ0n) is 2.27. The van der Waals surface area contributed by atoms with Crippen LogP contribution < -0.4 is 0 Å². The predicted molar refractivity (Wildman–Crippen MR) is 29.3 cm³/mol. The molecule has 0 fully saturated rings. The molecular weight excluding hydrogens is 329 g/mol. The molecule has 0 saturated carbocycles. The molecule has 0 amide bonds. The van der Waals surface area contributed by atoms with Gasteiger partial charge in [0.2, 0.25) is 0 Å². The molecule has 0 nitrogen and oxygen atoms in total. The first-order chi connectivity index (χ1) is 2.24. The topological polar surface area (TPSA) is 0 Å². The minimum atomic E-state index is -4.34. The van der Waals surface area contributed by atoms with Gasteiger partial charge in [-0.1, -0.05) is 0 Å². The van der Waals surface area contributed by atoms with Gasteiger partial charge < -0.3 is 0 Å². The van der Waals surface area contributed by atoms with Crippen molar-refractivity contribution in [2.75, 3.05) is 0 Å². The van der Waals surface area contributed by atoms with Gasteiger partial charge in [0.1, 0.15) is 0 Å². The fourth-order valence-corrected chi connectivity index (χ4v) is 0. The molecule has 0 bridgehead atoms. The summed E-state index contributed by atoms with van der Waals surface area (Å²) in [7, 11) is 0. The van der Waals surface area contributed by atoms with Crippen LogP contribution in [0.1, 0.15) is 0 Å². The van der Waals surface area contributed by atoms with Crippen molar-refractivity contribution in [1.29, 1.82) is 0 Å². The molecule has 0 aliphatic carbocycles. The molecule has 0 N–H and O–H groups in total.